The van der Waals surface area contributed by atoms with Crippen LogP contribution in [0.5, 0.6) is 5.75 Å². The molecule has 0 unspecified atom stereocenters. The summed E-state index contributed by atoms with van der Waals surface area (Å²) in [5.74, 6) is 0.950. The highest BCUT2D eigenvalue weighted by molar-refractivity contribution is 5.38. The fourth-order valence-corrected chi connectivity index (χ4v) is 2.93. The molecule has 92 valence electrons. The molecule has 1 fully saturated rings. The quantitative estimate of drug-likeness (QED) is 0.805. The first-order valence-corrected chi connectivity index (χ1v) is 6.40. The summed E-state index contributed by atoms with van der Waals surface area (Å²) in [5, 5.41) is 3.57. The first kappa shape index (κ1) is 11.1. The van der Waals surface area contributed by atoms with E-state index in [1.54, 1.807) is 7.11 Å². The molecule has 2 aliphatic rings. The van der Waals surface area contributed by atoms with Crippen LogP contribution in [0.1, 0.15) is 30.1 Å². The van der Waals surface area contributed by atoms with Crippen LogP contribution in [0.15, 0.2) is 18.2 Å². The second kappa shape index (κ2) is 4.67. The van der Waals surface area contributed by atoms with E-state index in [1.807, 2.05) is 6.07 Å². The third-order valence-electron chi connectivity index (χ3n) is 3.79. The van der Waals surface area contributed by atoms with Gasteiger partial charge in [-0.25, -0.2) is 0 Å². The first-order valence-electron chi connectivity index (χ1n) is 6.40. The Bertz CT molecular complexity index is 405. The number of methoxy groups -OCH3 is 1. The number of fused-ring (bicyclic) bond motifs is 3. The van der Waals surface area contributed by atoms with Crippen molar-refractivity contribution in [1.82, 2.24) is 5.32 Å². The van der Waals surface area contributed by atoms with Crippen molar-refractivity contribution in [3.8, 4) is 5.75 Å². The maximum atomic E-state index is 5.96. The maximum Gasteiger partial charge on any atom is 0.119 e. The molecule has 1 aromatic carbocycles. The van der Waals surface area contributed by atoms with Crippen LogP contribution in [0, 0.1) is 0 Å². The van der Waals surface area contributed by atoms with Crippen molar-refractivity contribution in [1.29, 1.82) is 0 Å². The topological polar surface area (TPSA) is 30.5 Å². The Hall–Kier alpha value is -1.06. The van der Waals surface area contributed by atoms with E-state index in [4.69, 9.17) is 9.47 Å². The third-order valence-corrected chi connectivity index (χ3v) is 3.79. The van der Waals surface area contributed by atoms with Crippen molar-refractivity contribution in [3.05, 3.63) is 29.3 Å². The van der Waals surface area contributed by atoms with Gasteiger partial charge in [0.15, 0.2) is 0 Å². The number of ether oxygens (including phenoxy) is 2. The highest BCUT2D eigenvalue weighted by atomic mass is 16.5. The molecule has 1 heterocycles. The molecule has 1 saturated heterocycles. The highest BCUT2D eigenvalue weighted by Crippen LogP contribution is 2.34. The van der Waals surface area contributed by atoms with Crippen LogP contribution in [0.3, 0.4) is 0 Å². The van der Waals surface area contributed by atoms with Gasteiger partial charge in [0.25, 0.3) is 0 Å². The molecule has 0 spiro atoms. The molecule has 0 aromatic heterocycles. The third kappa shape index (κ3) is 2.05. The zero-order chi connectivity index (χ0) is 11.7. The van der Waals surface area contributed by atoms with Crippen LogP contribution < -0.4 is 10.1 Å². The normalized spacial score (nSPS) is 27.8. The van der Waals surface area contributed by atoms with Gasteiger partial charge >= 0.3 is 0 Å². The average molecular weight is 233 g/mol. The Labute approximate surface area is 102 Å². The minimum atomic E-state index is 0.229. The van der Waals surface area contributed by atoms with Gasteiger partial charge in [0.2, 0.25) is 0 Å². The molecule has 0 radical (unpaired) electrons. The van der Waals surface area contributed by atoms with E-state index < -0.39 is 0 Å². The largest absolute Gasteiger partial charge is 0.497 e. The Kier molecular flexibility index (Phi) is 3.04. The molecule has 17 heavy (non-hydrogen) atoms. The number of hydrogen-bond donors (Lipinski definition) is 1. The summed E-state index contributed by atoms with van der Waals surface area (Å²) in [6.07, 6.45) is 3.77. The first-order chi connectivity index (χ1) is 8.38. The van der Waals surface area contributed by atoms with Gasteiger partial charge in [-0.1, -0.05) is 6.07 Å². The van der Waals surface area contributed by atoms with Crippen LogP contribution >= 0.6 is 0 Å². The lowest BCUT2D eigenvalue weighted by molar-refractivity contribution is -0.00646. The predicted molar refractivity (Wildman–Crippen MR) is 66.4 cm³/mol. The van der Waals surface area contributed by atoms with Gasteiger partial charge in [0.05, 0.1) is 19.8 Å². The van der Waals surface area contributed by atoms with E-state index in [0.29, 0.717) is 6.04 Å². The molecule has 0 amide bonds. The van der Waals surface area contributed by atoms with Gasteiger partial charge in [0.1, 0.15) is 5.75 Å². The summed E-state index contributed by atoms with van der Waals surface area (Å²) in [6, 6.07) is 6.86. The molecule has 0 bridgehead atoms. The van der Waals surface area contributed by atoms with Crippen LogP contribution in [0.25, 0.3) is 0 Å². The molecule has 1 N–H and O–H groups in total. The van der Waals surface area contributed by atoms with E-state index in [0.717, 1.165) is 25.3 Å². The van der Waals surface area contributed by atoms with Crippen LogP contribution in [-0.4, -0.2) is 26.3 Å². The Morgan fingerprint density at radius 2 is 2.35 bits per heavy atom. The number of hydrogen-bond acceptors (Lipinski definition) is 3. The average Bonchev–Trinajstić information content (AvgIpc) is 2.57. The van der Waals surface area contributed by atoms with E-state index in [-0.39, 0.29) is 6.10 Å². The smallest absolute Gasteiger partial charge is 0.119 e. The summed E-state index contributed by atoms with van der Waals surface area (Å²) in [7, 11) is 1.72. The Morgan fingerprint density at radius 1 is 1.41 bits per heavy atom. The van der Waals surface area contributed by atoms with Crippen molar-refractivity contribution in [2.24, 2.45) is 0 Å². The molecular weight excluding hydrogens is 214 g/mol. The fraction of sp³-hybridized carbons (Fsp3) is 0.571. The molecule has 1 aliphatic heterocycles. The fourth-order valence-electron chi connectivity index (χ4n) is 2.93. The lowest BCUT2D eigenvalue weighted by Crippen LogP contribution is -2.43. The summed E-state index contributed by atoms with van der Waals surface area (Å²) in [6.45, 7) is 1.79. The second-order valence-electron chi connectivity index (χ2n) is 4.81. The van der Waals surface area contributed by atoms with Crippen molar-refractivity contribution < 1.29 is 9.47 Å². The van der Waals surface area contributed by atoms with Crippen molar-refractivity contribution in [2.75, 3.05) is 20.3 Å². The van der Waals surface area contributed by atoms with Crippen molar-refractivity contribution >= 4 is 0 Å². The van der Waals surface area contributed by atoms with E-state index in [1.165, 1.54) is 24.0 Å². The standard InChI is InChI=1S/C14H19NO2/c1-16-11-5-6-12-10(9-11)3-2-4-13-14(12)17-8-7-15-13/h5-6,9,13-15H,2-4,7-8H2,1H3/t13-,14-/m0/s1. The predicted octanol–water partition coefficient (Wildman–Crippen LogP) is 2.06. The molecule has 1 aromatic rings. The molecular formula is C14H19NO2. The van der Waals surface area contributed by atoms with Crippen molar-refractivity contribution in [2.45, 2.75) is 31.4 Å². The minimum absolute atomic E-state index is 0.229. The van der Waals surface area contributed by atoms with Gasteiger partial charge in [-0.2, -0.15) is 0 Å². The number of rotatable bonds is 1. The van der Waals surface area contributed by atoms with E-state index in [2.05, 4.69) is 17.4 Å². The van der Waals surface area contributed by atoms with Gasteiger partial charge < -0.3 is 14.8 Å². The van der Waals surface area contributed by atoms with Crippen LogP contribution in [0.4, 0.5) is 0 Å². The number of benzene rings is 1. The van der Waals surface area contributed by atoms with Gasteiger partial charge in [-0.3, -0.25) is 0 Å². The Balaban J connectivity index is 1.97. The van der Waals surface area contributed by atoms with Gasteiger partial charge in [0, 0.05) is 12.6 Å². The molecule has 3 nitrogen and oxygen atoms in total. The van der Waals surface area contributed by atoms with Crippen LogP contribution in [-0.2, 0) is 11.2 Å². The summed E-state index contributed by atoms with van der Waals surface area (Å²) in [4.78, 5) is 0. The highest BCUT2D eigenvalue weighted by Gasteiger charge is 2.30. The lowest BCUT2D eigenvalue weighted by atomic mass is 9.97. The number of morpholine rings is 1. The summed E-state index contributed by atoms with van der Waals surface area (Å²) < 4.78 is 11.3. The maximum absolute atomic E-state index is 5.96. The summed E-state index contributed by atoms with van der Waals surface area (Å²) >= 11 is 0. The Morgan fingerprint density at radius 3 is 3.24 bits per heavy atom. The van der Waals surface area contributed by atoms with E-state index in [9.17, 15) is 0 Å². The molecule has 3 rings (SSSR count). The lowest BCUT2D eigenvalue weighted by Gasteiger charge is -2.32. The molecule has 1 aliphatic carbocycles. The monoisotopic (exact) mass is 233 g/mol. The van der Waals surface area contributed by atoms with Gasteiger partial charge in [-0.15, -0.1) is 0 Å². The summed E-state index contributed by atoms with van der Waals surface area (Å²) in [5.41, 5.74) is 2.74. The van der Waals surface area contributed by atoms with E-state index >= 15 is 0 Å². The molecule has 3 heteroatoms. The zero-order valence-electron chi connectivity index (χ0n) is 10.2. The number of aryl methyl sites for hydroxylation is 1. The molecule has 2 atom stereocenters. The minimum Gasteiger partial charge on any atom is -0.497 e. The SMILES string of the molecule is COc1ccc2c(c1)CCC[C@@H]1NCCO[C@@H]21. The van der Waals surface area contributed by atoms with Gasteiger partial charge in [-0.05, 0) is 42.5 Å². The molecule has 0 saturated carbocycles. The van der Waals surface area contributed by atoms with Crippen LogP contribution in [0.2, 0.25) is 0 Å². The second-order valence-corrected chi connectivity index (χ2v) is 4.81. The zero-order valence-corrected chi connectivity index (χ0v) is 10.2. The van der Waals surface area contributed by atoms with Crippen molar-refractivity contribution in [3.63, 3.8) is 0 Å². The number of nitrogens with one attached hydrogen (secondary N) is 1.